The number of carbonyl (C=O) groups is 1. The number of quaternary nitrogens is 1. The van der Waals surface area contributed by atoms with E-state index in [1.807, 2.05) is 4.90 Å². The van der Waals surface area contributed by atoms with Gasteiger partial charge in [0.2, 0.25) is 0 Å². The summed E-state index contributed by atoms with van der Waals surface area (Å²) >= 11 is 0. The minimum atomic E-state index is -0.311. The summed E-state index contributed by atoms with van der Waals surface area (Å²) in [5.74, 6) is -0.312. The van der Waals surface area contributed by atoms with E-state index in [0.29, 0.717) is 5.56 Å². The van der Waals surface area contributed by atoms with Crippen molar-refractivity contribution in [2.75, 3.05) is 26.2 Å². The van der Waals surface area contributed by atoms with Gasteiger partial charge in [0.1, 0.15) is 12.4 Å². The predicted octanol–water partition coefficient (Wildman–Crippen LogP) is 1.68. The summed E-state index contributed by atoms with van der Waals surface area (Å²) in [6.07, 6.45) is 0. The Morgan fingerprint density at radius 2 is 1.83 bits per heavy atom. The van der Waals surface area contributed by atoms with Crippen LogP contribution in [-0.2, 0) is 6.54 Å². The Bertz CT molecular complexity index is 676. The van der Waals surface area contributed by atoms with E-state index in [4.69, 9.17) is 0 Å². The van der Waals surface area contributed by atoms with Crippen LogP contribution in [0.5, 0.6) is 0 Å². The second-order valence-corrected chi connectivity index (χ2v) is 6.21. The van der Waals surface area contributed by atoms with Gasteiger partial charge in [-0.1, -0.05) is 29.8 Å². The average Bonchev–Trinajstić information content (AvgIpc) is 2.56. The molecule has 0 bridgehead atoms. The number of piperazine rings is 1. The van der Waals surface area contributed by atoms with Gasteiger partial charge in [0.15, 0.2) is 0 Å². The molecule has 0 saturated carbocycles. The van der Waals surface area contributed by atoms with Crippen molar-refractivity contribution in [2.24, 2.45) is 0 Å². The molecule has 1 amide bonds. The number of aryl methyl sites for hydroxylation is 1. The van der Waals surface area contributed by atoms with Crippen molar-refractivity contribution in [1.82, 2.24) is 4.90 Å². The van der Waals surface area contributed by atoms with Gasteiger partial charge >= 0.3 is 0 Å². The molecule has 0 aliphatic carbocycles. The number of amides is 1. The first-order valence-electron chi connectivity index (χ1n) is 8.06. The van der Waals surface area contributed by atoms with E-state index in [1.165, 1.54) is 28.2 Å². The minimum Gasteiger partial charge on any atom is -0.328 e. The highest BCUT2D eigenvalue weighted by Crippen LogP contribution is 2.07. The smallest absolute Gasteiger partial charge is 0.254 e. The standard InChI is InChI=1S/C19H21FN2O/c1-15-3-2-4-16(13-15)14-21-9-11-22(12-10-21)19(23)17-5-7-18(20)8-6-17/h2-8,13H,9-12,14H2,1H3/p+1. The number of carbonyl (C=O) groups excluding carboxylic acids is 1. The Labute approximate surface area is 136 Å². The third kappa shape index (κ3) is 3.96. The van der Waals surface area contributed by atoms with Gasteiger partial charge in [0.25, 0.3) is 5.91 Å². The van der Waals surface area contributed by atoms with Crippen molar-refractivity contribution < 1.29 is 14.1 Å². The van der Waals surface area contributed by atoms with Crippen molar-refractivity contribution in [3.05, 3.63) is 71.0 Å². The SMILES string of the molecule is Cc1cccc(C[NH+]2CCN(C(=O)c3ccc(F)cc3)CC2)c1. The highest BCUT2D eigenvalue weighted by Gasteiger charge is 2.24. The van der Waals surface area contributed by atoms with E-state index >= 15 is 0 Å². The molecular weight excluding hydrogens is 291 g/mol. The fourth-order valence-electron chi connectivity index (χ4n) is 3.09. The molecular formula is C19H22FN2O+. The molecule has 1 heterocycles. The van der Waals surface area contributed by atoms with Gasteiger partial charge < -0.3 is 9.80 Å². The van der Waals surface area contributed by atoms with E-state index in [1.54, 1.807) is 12.1 Å². The largest absolute Gasteiger partial charge is 0.328 e. The van der Waals surface area contributed by atoms with Gasteiger partial charge in [-0.15, -0.1) is 0 Å². The first kappa shape index (κ1) is 15.7. The zero-order valence-corrected chi connectivity index (χ0v) is 13.4. The van der Waals surface area contributed by atoms with Crippen LogP contribution in [0.2, 0.25) is 0 Å². The summed E-state index contributed by atoms with van der Waals surface area (Å²) in [5, 5.41) is 0. The third-order valence-electron chi connectivity index (χ3n) is 4.39. The van der Waals surface area contributed by atoms with Crippen LogP contribution in [0, 0.1) is 12.7 Å². The third-order valence-corrected chi connectivity index (χ3v) is 4.39. The van der Waals surface area contributed by atoms with Crippen molar-refractivity contribution in [1.29, 1.82) is 0 Å². The second kappa shape index (κ2) is 6.92. The van der Waals surface area contributed by atoms with Crippen LogP contribution < -0.4 is 4.90 Å². The molecule has 1 fully saturated rings. The van der Waals surface area contributed by atoms with Gasteiger partial charge in [-0.25, -0.2) is 4.39 Å². The monoisotopic (exact) mass is 313 g/mol. The molecule has 0 radical (unpaired) electrons. The molecule has 4 heteroatoms. The number of rotatable bonds is 3. The summed E-state index contributed by atoms with van der Waals surface area (Å²) in [6, 6.07) is 14.4. The number of nitrogens with one attached hydrogen (secondary N) is 1. The molecule has 0 aromatic heterocycles. The van der Waals surface area contributed by atoms with Gasteiger partial charge in [0, 0.05) is 11.1 Å². The Kier molecular flexibility index (Phi) is 4.72. The maximum Gasteiger partial charge on any atom is 0.254 e. The van der Waals surface area contributed by atoms with Crippen LogP contribution in [0.4, 0.5) is 4.39 Å². The summed E-state index contributed by atoms with van der Waals surface area (Å²) in [7, 11) is 0. The van der Waals surface area contributed by atoms with E-state index in [2.05, 4.69) is 31.2 Å². The van der Waals surface area contributed by atoms with Crippen LogP contribution in [0.15, 0.2) is 48.5 Å². The molecule has 0 atom stereocenters. The maximum absolute atomic E-state index is 13.0. The van der Waals surface area contributed by atoms with Crippen LogP contribution >= 0.6 is 0 Å². The Balaban J connectivity index is 1.55. The van der Waals surface area contributed by atoms with Crippen LogP contribution in [-0.4, -0.2) is 37.0 Å². The second-order valence-electron chi connectivity index (χ2n) is 6.21. The number of hydrogen-bond donors (Lipinski definition) is 1. The van der Waals surface area contributed by atoms with Crippen molar-refractivity contribution in [3.8, 4) is 0 Å². The highest BCUT2D eigenvalue weighted by molar-refractivity contribution is 5.94. The van der Waals surface area contributed by atoms with Gasteiger partial charge in [-0.05, 0) is 31.2 Å². The molecule has 120 valence electrons. The van der Waals surface area contributed by atoms with Gasteiger partial charge in [-0.3, -0.25) is 4.79 Å². The molecule has 1 saturated heterocycles. The number of nitrogens with zero attached hydrogens (tertiary/aromatic N) is 1. The lowest BCUT2D eigenvalue weighted by molar-refractivity contribution is -0.917. The van der Waals surface area contributed by atoms with Crippen LogP contribution in [0.1, 0.15) is 21.5 Å². The van der Waals surface area contributed by atoms with E-state index in [0.717, 1.165) is 32.7 Å². The minimum absolute atomic E-state index is 0.000365. The fourth-order valence-corrected chi connectivity index (χ4v) is 3.09. The van der Waals surface area contributed by atoms with E-state index in [-0.39, 0.29) is 11.7 Å². The van der Waals surface area contributed by atoms with E-state index < -0.39 is 0 Å². The number of benzene rings is 2. The number of halogens is 1. The lowest BCUT2D eigenvalue weighted by atomic mass is 10.1. The predicted molar refractivity (Wildman–Crippen MR) is 87.9 cm³/mol. The molecule has 2 aromatic rings. The summed E-state index contributed by atoms with van der Waals surface area (Å²) in [5.41, 5.74) is 3.19. The Morgan fingerprint density at radius 3 is 2.48 bits per heavy atom. The Morgan fingerprint density at radius 1 is 1.13 bits per heavy atom. The summed E-state index contributed by atoms with van der Waals surface area (Å²) in [6.45, 7) is 6.49. The fraction of sp³-hybridized carbons (Fsp3) is 0.316. The molecule has 0 unspecified atom stereocenters. The highest BCUT2D eigenvalue weighted by atomic mass is 19.1. The lowest BCUT2D eigenvalue weighted by Crippen LogP contribution is -3.13. The zero-order valence-electron chi connectivity index (χ0n) is 13.4. The van der Waals surface area contributed by atoms with Crippen LogP contribution in [0.25, 0.3) is 0 Å². The van der Waals surface area contributed by atoms with Crippen molar-refractivity contribution >= 4 is 5.91 Å². The first-order valence-corrected chi connectivity index (χ1v) is 8.06. The topological polar surface area (TPSA) is 24.8 Å². The maximum atomic E-state index is 13.0. The first-order chi connectivity index (χ1) is 11.1. The molecule has 1 aliphatic rings. The zero-order chi connectivity index (χ0) is 16.2. The van der Waals surface area contributed by atoms with E-state index in [9.17, 15) is 9.18 Å². The van der Waals surface area contributed by atoms with Crippen molar-refractivity contribution in [3.63, 3.8) is 0 Å². The van der Waals surface area contributed by atoms with Crippen molar-refractivity contribution in [2.45, 2.75) is 13.5 Å². The molecule has 3 nitrogen and oxygen atoms in total. The molecule has 1 aliphatic heterocycles. The molecule has 3 rings (SSSR count). The average molecular weight is 313 g/mol. The molecule has 1 N–H and O–H groups in total. The summed E-state index contributed by atoms with van der Waals surface area (Å²) in [4.78, 5) is 15.8. The normalized spacial score (nSPS) is 15.7. The molecule has 23 heavy (non-hydrogen) atoms. The molecule has 0 spiro atoms. The lowest BCUT2D eigenvalue weighted by Gasteiger charge is -2.32. The van der Waals surface area contributed by atoms with Gasteiger partial charge in [0.05, 0.1) is 26.2 Å². The number of hydrogen-bond acceptors (Lipinski definition) is 1. The quantitative estimate of drug-likeness (QED) is 0.916. The van der Waals surface area contributed by atoms with Crippen LogP contribution in [0.3, 0.4) is 0 Å². The van der Waals surface area contributed by atoms with Gasteiger partial charge in [-0.2, -0.15) is 0 Å². The summed E-state index contributed by atoms with van der Waals surface area (Å²) < 4.78 is 13.0. The molecule has 2 aromatic carbocycles. The Hall–Kier alpha value is -2.20.